The standard InChI is InChI=1S/C11H20N2O4S/c1-11(2,3)17-10(14)13-6-8-4-5-18(15,16)12-9(8)7-13/h8-9,12H,4-7H2,1-3H3/t8-,9+/m0/s1. The Labute approximate surface area is 108 Å². The summed E-state index contributed by atoms with van der Waals surface area (Å²) in [4.78, 5) is 13.5. The zero-order chi connectivity index (χ0) is 13.6. The molecule has 0 aliphatic carbocycles. The lowest BCUT2D eigenvalue weighted by atomic mass is 10.0. The highest BCUT2D eigenvalue weighted by Crippen LogP contribution is 2.26. The number of carbonyl (C=O) groups is 1. The molecule has 0 saturated carbocycles. The van der Waals surface area contributed by atoms with E-state index >= 15 is 0 Å². The molecule has 0 radical (unpaired) electrons. The number of hydrogen-bond donors (Lipinski definition) is 1. The van der Waals surface area contributed by atoms with Crippen LogP contribution in [0.15, 0.2) is 0 Å². The van der Waals surface area contributed by atoms with Gasteiger partial charge in [-0.2, -0.15) is 0 Å². The van der Waals surface area contributed by atoms with E-state index in [-0.39, 0.29) is 23.8 Å². The van der Waals surface area contributed by atoms with Gasteiger partial charge in [0.25, 0.3) is 0 Å². The third-order valence-electron chi connectivity index (χ3n) is 3.18. The van der Waals surface area contributed by atoms with Crippen molar-refractivity contribution < 1.29 is 17.9 Å². The highest BCUT2D eigenvalue weighted by Gasteiger charge is 2.41. The molecule has 2 heterocycles. The monoisotopic (exact) mass is 276 g/mol. The summed E-state index contributed by atoms with van der Waals surface area (Å²) < 4.78 is 30.8. The molecule has 1 amide bonds. The molecule has 0 aromatic heterocycles. The fourth-order valence-electron chi connectivity index (χ4n) is 2.37. The van der Waals surface area contributed by atoms with E-state index in [1.807, 2.05) is 20.8 Å². The fourth-order valence-corrected chi connectivity index (χ4v) is 3.83. The first-order chi connectivity index (χ1) is 8.16. The predicted octanol–water partition coefficient (Wildman–Crippen LogP) is 0.545. The lowest BCUT2D eigenvalue weighted by molar-refractivity contribution is 0.0286. The second kappa shape index (κ2) is 4.38. The van der Waals surface area contributed by atoms with E-state index in [9.17, 15) is 13.2 Å². The number of nitrogens with one attached hydrogen (secondary N) is 1. The van der Waals surface area contributed by atoms with Crippen molar-refractivity contribution >= 4 is 16.1 Å². The number of carbonyl (C=O) groups excluding carboxylic acids is 1. The summed E-state index contributed by atoms with van der Waals surface area (Å²) >= 11 is 0. The summed E-state index contributed by atoms with van der Waals surface area (Å²) in [5.74, 6) is 0.358. The van der Waals surface area contributed by atoms with Crippen LogP contribution in [-0.4, -0.2) is 49.9 Å². The Morgan fingerprint density at radius 3 is 2.61 bits per heavy atom. The van der Waals surface area contributed by atoms with Crippen LogP contribution in [-0.2, 0) is 14.8 Å². The van der Waals surface area contributed by atoms with Crippen LogP contribution in [0.25, 0.3) is 0 Å². The molecular weight excluding hydrogens is 256 g/mol. The topological polar surface area (TPSA) is 75.7 Å². The van der Waals surface area contributed by atoms with E-state index in [1.54, 1.807) is 4.90 Å². The third kappa shape index (κ3) is 3.14. The molecule has 0 unspecified atom stereocenters. The minimum atomic E-state index is -3.15. The molecule has 0 spiro atoms. The maximum Gasteiger partial charge on any atom is 0.410 e. The first kappa shape index (κ1) is 13.6. The second-order valence-corrected chi connectivity index (χ2v) is 7.85. The summed E-state index contributed by atoms with van der Waals surface area (Å²) in [6.45, 7) is 6.42. The van der Waals surface area contributed by atoms with Crippen LogP contribution in [0.1, 0.15) is 27.2 Å². The fraction of sp³-hybridized carbons (Fsp3) is 0.909. The van der Waals surface area contributed by atoms with Crippen molar-refractivity contribution in [3.05, 3.63) is 0 Å². The highest BCUT2D eigenvalue weighted by molar-refractivity contribution is 7.89. The van der Waals surface area contributed by atoms with Gasteiger partial charge >= 0.3 is 6.09 Å². The van der Waals surface area contributed by atoms with Gasteiger partial charge in [0.1, 0.15) is 5.60 Å². The van der Waals surface area contributed by atoms with Gasteiger partial charge in [0.05, 0.1) is 5.75 Å². The van der Waals surface area contributed by atoms with Gasteiger partial charge in [-0.15, -0.1) is 0 Å². The Hall–Kier alpha value is -0.820. The average molecular weight is 276 g/mol. The number of hydrogen-bond acceptors (Lipinski definition) is 4. The van der Waals surface area contributed by atoms with Crippen LogP contribution < -0.4 is 4.72 Å². The van der Waals surface area contributed by atoms with Crippen molar-refractivity contribution in [2.75, 3.05) is 18.8 Å². The largest absolute Gasteiger partial charge is 0.444 e. The molecule has 1 N–H and O–H groups in total. The number of sulfonamides is 1. The van der Waals surface area contributed by atoms with Crippen molar-refractivity contribution in [1.82, 2.24) is 9.62 Å². The number of nitrogens with zero attached hydrogens (tertiary/aromatic N) is 1. The minimum absolute atomic E-state index is 0.149. The van der Waals surface area contributed by atoms with E-state index in [4.69, 9.17) is 4.74 Å². The third-order valence-corrected chi connectivity index (χ3v) is 4.62. The van der Waals surface area contributed by atoms with Crippen LogP contribution >= 0.6 is 0 Å². The molecule has 2 fully saturated rings. The number of likely N-dealkylation sites (tertiary alicyclic amines) is 1. The molecule has 18 heavy (non-hydrogen) atoms. The van der Waals surface area contributed by atoms with Gasteiger partial charge in [-0.05, 0) is 33.1 Å². The summed E-state index contributed by atoms with van der Waals surface area (Å²) in [7, 11) is -3.15. The normalized spacial score (nSPS) is 30.9. The van der Waals surface area contributed by atoms with Crippen LogP contribution in [0.4, 0.5) is 4.79 Å². The van der Waals surface area contributed by atoms with Crippen molar-refractivity contribution in [2.45, 2.75) is 38.8 Å². The SMILES string of the molecule is CC(C)(C)OC(=O)N1C[C@@H]2CCS(=O)(=O)N[C@@H]2C1. The Morgan fingerprint density at radius 2 is 2.00 bits per heavy atom. The van der Waals surface area contributed by atoms with E-state index < -0.39 is 15.6 Å². The molecule has 2 atom stereocenters. The second-order valence-electron chi connectivity index (χ2n) is 5.98. The maximum absolute atomic E-state index is 11.9. The van der Waals surface area contributed by atoms with Gasteiger partial charge in [-0.3, -0.25) is 0 Å². The number of ether oxygens (including phenoxy) is 1. The van der Waals surface area contributed by atoms with Crippen LogP contribution in [0.5, 0.6) is 0 Å². The van der Waals surface area contributed by atoms with Crippen LogP contribution in [0.2, 0.25) is 0 Å². The molecule has 0 aromatic carbocycles. The Morgan fingerprint density at radius 1 is 1.33 bits per heavy atom. The zero-order valence-electron chi connectivity index (χ0n) is 11.0. The maximum atomic E-state index is 11.9. The van der Waals surface area contributed by atoms with Crippen LogP contribution in [0.3, 0.4) is 0 Å². The molecule has 6 nitrogen and oxygen atoms in total. The number of fused-ring (bicyclic) bond motifs is 1. The molecule has 7 heteroatoms. The highest BCUT2D eigenvalue weighted by atomic mass is 32.2. The van der Waals surface area contributed by atoms with E-state index in [2.05, 4.69) is 4.72 Å². The van der Waals surface area contributed by atoms with Crippen molar-refractivity contribution in [3.63, 3.8) is 0 Å². The van der Waals surface area contributed by atoms with Gasteiger partial charge < -0.3 is 9.64 Å². The van der Waals surface area contributed by atoms with Crippen LogP contribution in [0, 0.1) is 5.92 Å². The molecule has 0 aromatic rings. The van der Waals surface area contributed by atoms with Crippen molar-refractivity contribution in [1.29, 1.82) is 0 Å². The lowest BCUT2D eigenvalue weighted by Crippen LogP contribution is -2.46. The smallest absolute Gasteiger partial charge is 0.410 e. The van der Waals surface area contributed by atoms with Gasteiger partial charge in [-0.25, -0.2) is 17.9 Å². The summed E-state index contributed by atoms with van der Waals surface area (Å²) in [6, 6.07) is -0.156. The molecule has 2 aliphatic rings. The Bertz CT molecular complexity index is 440. The Kier molecular flexibility index (Phi) is 3.31. The van der Waals surface area contributed by atoms with E-state index in [0.717, 1.165) is 0 Å². The van der Waals surface area contributed by atoms with Gasteiger partial charge in [0, 0.05) is 19.1 Å². The lowest BCUT2D eigenvalue weighted by Gasteiger charge is -2.24. The molecule has 2 rings (SSSR count). The predicted molar refractivity (Wildman–Crippen MR) is 66.6 cm³/mol. The van der Waals surface area contributed by atoms with E-state index in [0.29, 0.717) is 19.5 Å². The summed E-state index contributed by atoms with van der Waals surface area (Å²) in [5, 5.41) is 0. The summed E-state index contributed by atoms with van der Waals surface area (Å²) in [5.41, 5.74) is -0.523. The summed E-state index contributed by atoms with van der Waals surface area (Å²) in [6.07, 6.45) is 0.246. The Balaban J connectivity index is 1.98. The van der Waals surface area contributed by atoms with Gasteiger partial charge in [-0.1, -0.05) is 0 Å². The van der Waals surface area contributed by atoms with E-state index in [1.165, 1.54) is 0 Å². The quantitative estimate of drug-likeness (QED) is 0.701. The first-order valence-corrected chi connectivity index (χ1v) is 7.79. The average Bonchev–Trinajstić information content (AvgIpc) is 2.56. The molecular formula is C11H20N2O4S. The first-order valence-electron chi connectivity index (χ1n) is 6.14. The van der Waals surface area contributed by atoms with Gasteiger partial charge in [0.2, 0.25) is 10.0 Å². The van der Waals surface area contributed by atoms with Crippen molar-refractivity contribution in [2.24, 2.45) is 5.92 Å². The minimum Gasteiger partial charge on any atom is -0.444 e. The molecule has 0 bridgehead atoms. The molecule has 2 aliphatic heterocycles. The molecule has 104 valence electrons. The number of rotatable bonds is 0. The molecule has 2 saturated heterocycles. The zero-order valence-corrected chi connectivity index (χ0v) is 11.8. The van der Waals surface area contributed by atoms with Gasteiger partial charge in [0.15, 0.2) is 0 Å². The van der Waals surface area contributed by atoms with Crippen molar-refractivity contribution in [3.8, 4) is 0 Å². The number of amides is 1.